The molecule has 0 aliphatic carbocycles. The number of hydrogen-bond acceptors (Lipinski definition) is 4. The summed E-state index contributed by atoms with van der Waals surface area (Å²) >= 11 is 6.33. The Bertz CT molecular complexity index is 907. The zero-order chi connectivity index (χ0) is 23.0. The maximum atomic E-state index is 13.1. The summed E-state index contributed by atoms with van der Waals surface area (Å²) in [6.45, 7) is 9.47. The van der Waals surface area contributed by atoms with Gasteiger partial charge >= 0.3 is 0 Å². The van der Waals surface area contributed by atoms with Crippen molar-refractivity contribution in [1.29, 1.82) is 0 Å². The molecule has 0 aliphatic rings. The number of ether oxygens (including phenoxy) is 2. The Balaban J connectivity index is 2.07. The standard InChI is InChI=1S/C24H33ClN2O4/c1-6-8-21(28)27(24(29)23-22(25)18(4)16-26(23)5)12-14-31-20-10-9-19(15-17(20)3)11-13-30-7-2/h9-10,15-16H,6-8,11-14H2,1-5H3. The Hall–Kier alpha value is -2.31. The molecule has 2 aromatic rings. The second-order valence-electron chi connectivity index (χ2n) is 7.58. The Morgan fingerprint density at radius 1 is 1.13 bits per heavy atom. The van der Waals surface area contributed by atoms with Crippen LogP contribution in [0.2, 0.25) is 5.02 Å². The number of rotatable bonds is 11. The largest absolute Gasteiger partial charge is 0.491 e. The number of hydrogen-bond donors (Lipinski definition) is 0. The summed E-state index contributed by atoms with van der Waals surface area (Å²) in [6, 6.07) is 6.01. The number of aryl methyl sites for hydroxylation is 3. The molecule has 0 bridgehead atoms. The molecule has 1 aromatic heterocycles. The van der Waals surface area contributed by atoms with E-state index in [9.17, 15) is 9.59 Å². The van der Waals surface area contributed by atoms with Crippen LogP contribution in [0.3, 0.4) is 0 Å². The predicted molar refractivity (Wildman–Crippen MR) is 123 cm³/mol. The Kier molecular flexibility index (Phi) is 9.59. The first-order valence-electron chi connectivity index (χ1n) is 10.8. The maximum Gasteiger partial charge on any atom is 0.278 e. The lowest BCUT2D eigenvalue weighted by Crippen LogP contribution is -2.40. The highest BCUT2D eigenvalue weighted by atomic mass is 35.5. The van der Waals surface area contributed by atoms with Gasteiger partial charge in [-0.05, 0) is 56.4 Å². The number of nitrogens with zero attached hydrogens (tertiary/aromatic N) is 2. The SMILES string of the molecule is CCCC(=O)N(CCOc1ccc(CCOCC)cc1C)C(=O)c1c(Cl)c(C)cn1C. The first kappa shape index (κ1) is 25.0. The summed E-state index contributed by atoms with van der Waals surface area (Å²) in [4.78, 5) is 27.0. The summed E-state index contributed by atoms with van der Waals surface area (Å²) in [5, 5.41) is 0.376. The van der Waals surface area contributed by atoms with Crippen molar-refractivity contribution in [2.45, 2.75) is 47.0 Å². The van der Waals surface area contributed by atoms with Crippen LogP contribution >= 0.6 is 11.6 Å². The molecule has 1 aromatic carbocycles. The van der Waals surface area contributed by atoms with Crippen molar-refractivity contribution in [1.82, 2.24) is 9.47 Å². The minimum Gasteiger partial charge on any atom is -0.491 e. The van der Waals surface area contributed by atoms with Crippen LogP contribution in [0.1, 0.15) is 53.9 Å². The van der Waals surface area contributed by atoms with Gasteiger partial charge in [-0.3, -0.25) is 14.5 Å². The Morgan fingerprint density at radius 3 is 2.45 bits per heavy atom. The van der Waals surface area contributed by atoms with Crippen LogP contribution in [0, 0.1) is 13.8 Å². The smallest absolute Gasteiger partial charge is 0.278 e. The molecule has 0 aliphatic heterocycles. The molecule has 170 valence electrons. The molecular formula is C24H33ClN2O4. The van der Waals surface area contributed by atoms with Crippen molar-refractivity contribution in [3.05, 3.63) is 51.8 Å². The van der Waals surface area contributed by atoms with E-state index in [-0.39, 0.29) is 19.1 Å². The fraction of sp³-hybridized carbons (Fsp3) is 0.500. The van der Waals surface area contributed by atoms with E-state index in [0.29, 0.717) is 36.8 Å². The summed E-state index contributed by atoms with van der Waals surface area (Å²) in [7, 11) is 1.75. The highest BCUT2D eigenvalue weighted by Gasteiger charge is 2.27. The van der Waals surface area contributed by atoms with E-state index in [0.717, 1.165) is 23.3 Å². The predicted octanol–water partition coefficient (Wildman–Crippen LogP) is 4.72. The van der Waals surface area contributed by atoms with Crippen LogP contribution in [0.25, 0.3) is 0 Å². The first-order chi connectivity index (χ1) is 14.8. The van der Waals surface area contributed by atoms with E-state index >= 15 is 0 Å². The van der Waals surface area contributed by atoms with Crippen molar-refractivity contribution in [3.63, 3.8) is 0 Å². The first-order valence-corrected chi connectivity index (χ1v) is 11.1. The molecule has 0 unspecified atom stereocenters. The molecule has 0 saturated heterocycles. The molecule has 1 heterocycles. The van der Waals surface area contributed by atoms with Crippen LogP contribution in [-0.2, 0) is 23.0 Å². The molecule has 2 rings (SSSR count). The van der Waals surface area contributed by atoms with Gasteiger partial charge in [0.05, 0.1) is 18.2 Å². The lowest BCUT2D eigenvalue weighted by atomic mass is 10.1. The van der Waals surface area contributed by atoms with Crippen molar-refractivity contribution in [2.75, 3.05) is 26.4 Å². The highest BCUT2D eigenvalue weighted by Crippen LogP contribution is 2.24. The van der Waals surface area contributed by atoms with Crippen LogP contribution in [-0.4, -0.2) is 47.6 Å². The van der Waals surface area contributed by atoms with E-state index in [1.807, 2.05) is 39.8 Å². The average Bonchev–Trinajstić information content (AvgIpc) is 2.98. The van der Waals surface area contributed by atoms with Crippen molar-refractivity contribution < 1.29 is 19.1 Å². The van der Waals surface area contributed by atoms with Gasteiger partial charge in [0.1, 0.15) is 18.1 Å². The van der Waals surface area contributed by atoms with Gasteiger partial charge in [-0.25, -0.2) is 0 Å². The van der Waals surface area contributed by atoms with Gasteiger partial charge in [0, 0.05) is 26.3 Å². The van der Waals surface area contributed by atoms with Crippen molar-refractivity contribution >= 4 is 23.4 Å². The van der Waals surface area contributed by atoms with Crippen LogP contribution < -0.4 is 4.74 Å². The molecule has 0 radical (unpaired) electrons. The molecule has 0 N–H and O–H groups in total. The van der Waals surface area contributed by atoms with Gasteiger partial charge in [0.2, 0.25) is 5.91 Å². The zero-order valence-corrected chi connectivity index (χ0v) is 19.9. The third-order valence-electron chi connectivity index (χ3n) is 5.06. The van der Waals surface area contributed by atoms with Crippen LogP contribution in [0.15, 0.2) is 24.4 Å². The van der Waals surface area contributed by atoms with Crippen molar-refractivity contribution in [2.24, 2.45) is 7.05 Å². The number of aromatic nitrogens is 1. The molecule has 7 heteroatoms. The molecule has 0 atom stereocenters. The molecule has 0 saturated carbocycles. The number of carbonyl (C=O) groups is 2. The van der Waals surface area contributed by atoms with Gasteiger partial charge in [-0.2, -0.15) is 0 Å². The van der Waals surface area contributed by atoms with Gasteiger partial charge in [0.25, 0.3) is 5.91 Å². The molecule has 0 spiro atoms. The topological polar surface area (TPSA) is 60.8 Å². The average molecular weight is 449 g/mol. The summed E-state index contributed by atoms with van der Waals surface area (Å²) in [5.41, 5.74) is 3.31. The van der Waals surface area contributed by atoms with E-state index in [2.05, 4.69) is 6.07 Å². The van der Waals surface area contributed by atoms with Gasteiger partial charge in [-0.15, -0.1) is 0 Å². The quantitative estimate of drug-likeness (QED) is 0.466. The number of benzene rings is 1. The second-order valence-corrected chi connectivity index (χ2v) is 7.96. The van der Waals surface area contributed by atoms with Crippen LogP contribution in [0.4, 0.5) is 0 Å². The molecule has 31 heavy (non-hydrogen) atoms. The summed E-state index contributed by atoms with van der Waals surface area (Å²) in [5.74, 6) is 0.114. The molecule has 0 fully saturated rings. The van der Waals surface area contributed by atoms with Gasteiger partial charge in [-0.1, -0.05) is 30.7 Å². The fourth-order valence-corrected chi connectivity index (χ4v) is 3.69. The third kappa shape index (κ3) is 6.58. The van der Waals surface area contributed by atoms with Crippen molar-refractivity contribution in [3.8, 4) is 5.75 Å². The van der Waals surface area contributed by atoms with Gasteiger partial charge < -0.3 is 14.0 Å². The third-order valence-corrected chi connectivity index (χ3v) is 5.53. The monoisotopic (exact) mass is 448 g/mol. The Morgan fingerprint density at radius 2 is 1.87 bits per heavy atom. The number of amides is 2. The van der Waals surface area contributed by atoms with E-state index < -0.39 is 5.91 Å². The Labute approximate surface area is 190 Å². The molecular weight excluding hydrogens is 416 g/mol. The summed E-state index contributed by atoms with van der Waals surface area (Å²) < 4.78 is 13.0. The molecule has 2 amide bonds. The maximum absolute atomic E-state index is 13.1. The second kappa shape index (κ2) is 11.9. The lowest BCUT2D eigenvalue weighted by molar-refractivity contribution is -0.129. The number of halogens is 1. The van der Waals surface area contributed by atoms with Crippen LogP contribution in [0.5, 0.6) is 5.75 Å². The number of carbonyl (C=O) groups excluding carboxylic acids is 2. The van der Waals surface area contributed by atoms with E-state index in [1.165, 1.54) is 10.5 Å². The summed E-state index contributed by atoms with van der Waals surface area (Å²) in [6.07, 6.45) is 3.58. The zero-order valence-electron chi connectivity index (χ0n) is 19.2. The lowest BCUT2D eigenvalue weighted by Gasteiger charge is -2.22. The minimum atomic E-state index is -0.398. The highest BCUT2D eigenvalue weighted by molar-refractivity contribution is 6.34. The number of imide groups is 1. The minimum absolute atomic E-state index is 0.157. The fourth-order valence-electron chi connectivity index (χ4n) is 3.42. The normalized spacial score (nSPS) is 10.9. The van der Waals surface area contributed by atoms with Gasteiger partial charge in [0.15, 0.2) is 0 Å². The van der Waals surface area contributed by atoms with E-state index in [4.69, 9.17) is 21.1 Å². The van der Waals surface area contributed by atoms with E-state index in [1.54, 1.807) is 17.8 Å². The molecule has 6 nitrogen and oxygen atoms in total.